The first-order valence-electron chi connectivity index (χ1n) is 7.54. The minimum absolute atomic E-state index is 0.0784. The van der Waals surface area contributed by atoms with Gasteiger partial charge in [0.25, 0.3) is 5.91 Å². The van der Waals surface area contributed by atoms with Crippen LogP contribution in [0.15, 0.2) is 16.7 Å². The van der Waals surface area contributed by atoms with Gasteiger partial charge in [-0.15, -0.1) is 0 Å². The van der Waals surface area contributed by atoms with Crippen molar-refractivity contribution in [1.29, 1.82) is 0 Å². The fraction of sp³-hybridized carbons (Fsp3) is 0.500. The van der Waals surface area contributed by atoms with Crippen LogP contribution in [0.25, 0.3) is 0 Å². The van der Waals surface area contributed by atoms with E-state index in [4.69, 9.17) is 4.42 Å². The van der Waals surface area contributed by atoms with E-state index in [1.54, 1.807) is 6.07 Å². The van der Waals surface area contributed by atoms with E-state index in [1.165, 1.54) is 24.1 Å². The Morgan fingerprint density at radius 2 is 2.19 bits per heavy atom. The Balaban J connectivity index is 1.58. The van der Waals surface area contributed by atoms with Crippen LogP contribution in [0.2, 0.25) is 0 Å². The summed E-state index contributed by atoms with van der Waals surface area (Å²) in [6.07, 6.45) is 6.70. The minimum Gasteiger partial charge on any atom is -0.466 e. The highest BCUT2D eigenvalue weighted by Gasteiger charge is 2.16. The maximum atomic E-state index is 12.1. The number of rotatable bonds is 4. The smallest absolute Gasteiger partial charge is 0.254 e. The molecule has 0 unspecified atom stereocenters. The zero-order chi connectivity index (χ0) is 14.8. The molecule has 3 rings (SSSR count). The molecule has 2 heterocycles. The van der Waals surface area contributed by atoms with E-state index in [-0.39, 0.29) is 5.91 Å². The lowest BCUT2D eigenvalue weighted by Gasteiger charge is -2.14. The molecule has 0 radical (unpaired) electrons. The molecule has 0 spiro atoms. The number of aromatic nitrogens is 2. The molecular formula is C16H21N3O2. The third-order valence-corrected chi connectivity index (χ3v) is 4.04. The molecule has 1 aliphatic carbocycles. The van der Waals surface area contributed by atoms with Crippen molar-refractivity contribution in [3.05, 3.63) is 40.6 Å². The Labute approximate surface area is 124 Å². The van der Waals surface area contributed by atoms with E-state index in [2.05, 4.69) is 10.4 Å². The van der Waals surface area contributed by atoms with Gasteiger partial charge in [0.05, 0.1) is 18.3 Å². The number of aryl methyl sites for hydroxylation is 3. The van der Waals surface area contributed by atoms with Crippen molar-refractivity contribution in [3.63, 3.8) is 0 Å². The summed E-state index contributed by atoms with van der Waals surface area (Å²) in [5.74, 6) is 1.35. The van der Waals surface area contributed by atoms with Crippen molar-refractivity contribution < 1.29 is 9.21 Å². The second-order valence-corrected chi connectivity index (χ2v) is 5.63. The molecule has 21 heavy (non-hydrogen) atoms. The lowest BCUT2D eigenvalue weighted by molar-refractivity contribution is 0.0950. The molecule has 2 aromatic heterocycles. The molecule has 1 aliphatic rings. The predicted molar refractivity (Wildman–Crippen MR) is 79.4 cm³/mol. The SMILES string of the molecule is Cc1cc(C(=O)NCCn2ncc3c2CCCC3)c(C)o1. The molecular weight excluding hydrogens is 266 g/mol. The number of nitrogens with one attached hydrogen (secondary N) is 1. The lowest BCUT2D eigenvalue weighted by Crippen LogP contribution is -2.28. The summed E-state index contributed by atoms with van der Waals surface area (Å²) in [5, 5.41) is 7.37. The van der Waals surface area contributed by atoms with Crippen LogP contribution in [0.3, 0.4) is 0 Å². The summed E-state index contributed by atoms with van der Waals surface area (Å²) in [4.78, 5) is 12.1. The molecule has 5 heteroatoms. The molecule has 0 aromatic carbocycles. The first-order chi connectivity index (χ1) is 10.1. The van der Waals surface area contributed by atoms with Gasteiger partial charge in [0, 0.05) is 12.2 Å². The van der Waals surface area contributed by atoms with Crippen molar-refractivity contribution >= 4 is 5.91 Å². The Morgan fingerprint density at radius 3 is 2.95 bits per heavy atom. The van der Waals surface area contributed by atoms with Gasteiger partial charge in [0.15, 0.2) is 0 Å². The fourth-order valence-electron chi connectivity index (χ4n) is 2.98. The van der Waals surface area contributed by atoms with Crippen LogP contribution in [0.5, 0.6) is 0 Å². The molecule has 2 aromatic rings. The van der Waals surface area contributed by atoms with Crippen molar-refractivity contribution in [2.24, 2.45) is 0 Å². The summed E-state index contributed by atoms with van der Waals surface area (Å²) in [5.41, 5.74) is 3.33. The molecule has 0 aliphatic heterocycles. The van der Waals surface area contributed by atoms with Crippen LogP contribution in [-0.4, -0.2) is 22.2 Å². The van der Waals surface area contributed by atoms with E-state index >= 15 is 0 Å². The van der Waals surface area contributed by atoms with Crippen molar-refractivity contribution in [2.45, 2.75) is 46.1 Å². The maximum absolute atomic E-state index is 12.1. The first-order valence-corrected chi connectivity index (χ1v) is 7.54. The molecule has 0 atom stereocenters. The van der Waals surface area contributed by atoms with Gasteiger partial charge >= 0.3 is 0 Å². The van der Waals surface area contributed by atoms with Crippen LogP contribution in [0.1, 0.15) is 46.0 Å². The number of furan rings is 1. The van der Waals surface area contributed by atoms with E-state index in [0.717, 1.165) is 25.1 Å². The van der Waals surface area contributed by atoms with Crippen LogP contribution in [0, 0.1) is 13.8 Å². The van der Waals surface area contributed by atoms with Gasteiger partial charge in [0.2, 0.25) is 0 Å². The molecule has 1 N–H and O–H groups in total. The average molecular weight is 287 g/mol. The third kappa shape index (κ3) is 2.86. The molecule has 1 amide bonds. The zero-order valence-electron chi connectivity index (χ0n) is 12.6. The number of hydrogen-bond donors (Lipinski definition) is 1. The van der Waals surface area contributed by atoms with Gasteiger partial charge in [-0.1, -0.05) is 0 Å². The van der Waals surface area contributed by atoms with Gasteiger partial charge in [-0.2, -0.15) is 5.10 Å². The second kappa shape index (κ2) is 5.76. The number of hydrogen-bond acceptors (Lipinski definition) is 3. The fourth-order valence-corrected chi connectivity index (χ4v) is 2.98. The highest BCUT2D eigenvalue weighted by atomic mass is 16.3. The van der Waals surface area contributed by atoms with Crippen molar-refractivity contribution in [1.82, 2.24) is 15.1 Å². The highest BCUT2D eigenvalue weighted by molar-refractivity contribution is 5.95. The molecule has 0 fully saturated rings. The van der Waals surface area contributed by atoms with E-state index in [9.17, 15) is 4.79 Å². The number of amides is 1. The maximum Gasteiger partial charge on any atom is 0.254 e. The number of fused-ring (bicyclic) bond motifs is 1. The topological polar surface area (TPSA) is 60.1 Å². The van der Waals surface area contributed by atoms with E-state index in [1.807, 2.05) is 24.7 Å². The summed E-state index contributed by atoms with van der Waals surface area (Å²) >= 11 is 0. The lowest BCUT2D eigenvalue weighted by atomic mass is 9.98. The van der Waals surface area contributed by atoms with Gasteiger partial charge in [-0.25, -0.2) is 0 Å². The predicted octanol–water partition coefficient (Wildman–Crippen LogP) is 2.40. The van der Waals surface area contributed by atoms with Crippen molar-refractivity contribution in [2.75, 3.05) is 6.54 Å². The first kappa shape index (κ1) is 13.9. The van der Waals surface area contributed by atoms with Crippen LogP contribution in [0.4, 0.5) is 0 Å². The summed E-state index contributed by atoms with van der Waals surface area (Å²) in [6.45, 7) is 4.96. The molecule has 0 saturated heterocycles. The van der Waals surface area contributed by atoms with Gasteiger partial charge in [0.1, 0.15) is 11.5 Å². The van der Waals surface area contributed by atoms with Crippen LogP contribution in [-0.2, 0) is 19.4 Å². The Hall–Kier alpha value is -2.04. The van der Waals surface area contributed by atoms with E-state index < -0.39 is 0 Å². The Kier molecular flexibility index (Phi) is 3.82. The number of carbonyl (C=O) groups is 1. The van der Waals surface area contributed by atoms with Gasteiger partial charge < -0.3 is 9.73 Å². The summed E-state index contributed by atoms with van der Waals surface area (Å²) < 4.78 is 7.41. The zero-order valence-corrected chi connectivity index (χ0v) is 12.6. The monoisotopic (exact) mass is 287 g/mol. The number of carbonyl (C=O) groups excluding carboxylic acids is 1. The normalized spacial score (nSPS) is 14.0. The molecule has 5 nitrogen and oxygen atoms in total. The summed E-state index contributed by atoms with van der Waals surface area (Å²) in [6, 6.07) is 1.78. The van der Waals surface area contributed by atoms with Crippen LogP contribution < -0.4 is 5.32 Å². The van der Waals surface area contributed by atoms with Gasteiger partial charge in [-0.05, 0) is 51.2 Å². The molecule has 0 bridgehead atoms. The molecule has 0 saturated carbocycles. The minimum atomic E-state index is -0.0784. The average Bonchev–Trinajstić information content (AvgIpc) is 3.02. The Bertz CT molecular complexity index is 655. The summed E-state index contributed by atoms with van der Waals surface area (Å²) in [7, 11) is 0. The van der Waals surface area contributed by atoms with Crippen molar-refractivity contribution in [3.8, 4) is 0 Å². The van der Waals surface area contributed by atoms with Crippen LogP contribution >= 0.6 is 0 Å². The van der Waals surface area contributed by atoms with Gasteiger partial charge in [-0.3, -0.25) is 9.48 Å². The Morgan fingerprint density at radius 1 is 1.38 bits per heavy atom. The number of nitrogens with zero attached hydrogens (tertiary/aromatic N) is 2. The highest BCUT2D eigenvalue weighted by Crippen LogP contribution is 2.20. The standard InChI is InChI=1S/C16H21N3O2/c1-11-9-14(12(2)21-11)16(20)17-7-8-19-15-6-4-3-5-13(15)10-18-19/h9-10H,3-8H2,1-2H3,(H,17,20). The quantitative estimate of drug-likeness (QED) is 0.939. The second-order valence-electron chi connectivity index (χ2n) is 5.63. The largest absolute Gasteiger partial charge is 0.466 e. The molecule has 112 valence electrons. The third-order valence-electron chi connectivity index (χ3n) is 4.04. The van der Waals surface area contributed by atoms with E-state index in [0.29, 0.717) is 17.9 Å².